The molecular formula is C8H17NS. The van der Waals surface area contributed by atoms with Gasteiger partial charge in [-0.3, -0.25) is 0 Å². The summed E-state index contributed by atoms with van der Waals surface area (Å²) < 4.78 is 0. The van der Waals surface area contributed by atoms with Crippen molar-refractivity contribution in [1.82, 2.24) is 5.32 Å². The fraction of sp³-hybridized carbons (Fsp3) is 1.00. The van der Waals surface area contributed by atoms with Crippen LogP contribution in [-0.4, -0.2) is 23.6 Å². The molecule has 1 heterocycles. The molecule has 1 saturated heterocycles. The molecule has 60 valence electrons. The van der Waals surface area contributed by atoms with E-state index in [9.17, 15) is 0 Å². The summed E-state index contributed by atoms with van der Waals surface area (Å²) in [5.74, 6) is 2.61. The molecule has 2 heteroatoms. The maximum atomic E-state index is 3.60. The fourth-order valence-electron chi connectivity index (χ4n) is 1.40. The molecule has 1 nitrogen and oxygen atoms in total. The van der Waals surface area contributed by atoms with Gasteiger partial charge >= 0.3 is 0 Å². The van der Waals surface area contributed by atoms with Gasteiger partial charge in [-0.15, -0.1) is 0 Å². The first-order chi connectivity index (χ1) is 4.83. The van der Waals surface area contributed by atoms with Gasteiger partial charge in [0.2, 0.25) is 0 Å². The Kier molecular flexibility index (Phi) is 3.57. The Bertz CT molecular complexity index is 93.3. The molecule has 1 aliphatic heterocycles. The fourth-order valence-corrected chi connectivity index (χ4v) is 2.53. The van der Waals surface area contributed by atoms with Gasteiger partial charge in [0.05, 0.1) is 0 Å². The van der Waals surface area contributed by atoms with Gasteiger partial charge in [0.15, 0.2) is 0 Å². The van der Waals surface area contributed by atoms with E-state index in [1.165, 1.54) is 24.3 Å². The van der Waals surface area contributed by atoms with E-state index >= 15 is 0 Å². The lowest BCUT2D eigenvalue weighted by molar-refractivity contribution is 0.459. The zero-order chi connectivity index (χ0) is 7.40. The first-order valence-electron chi connectivity index (χ1n) is 4.16. The van der Waals surface area contributed by atoms with Gasteiger partial charge in [0.1, 0.15) is 0 Å². The molecule has 10 heavy (non-hydrogen) atoms. The normalized spacial score (nSPS) is 34.2. The van der Waals surface area contributed by atoms with Crippen molar-refractivity contribution in [2.24, 2.45) is 0 Å². The van der Waals surface area contributed by atoms with Crippen molar-refractivity contribution in [2.75, 3.05) is 11.5 Å². The van der Waals surface area contributed by atoms with Crippen LogP contribution in [0.5, 0.6) is 0 Å². The summed E-state index contributed by atoms with van der Waals surface area (Å²) in [6.07, 6.45) is 2.66. The average molecular weight is 159 g/mol. The van der Waals surface area contributed by atoms with Crippen LogP contribution in [0.1, 0.15) is 26.7 Å². The van der Waals surface area contributed by atoms with Gasteiger partial charge in [0.25, 0.3) is 0 Å². The molecule has 1 rings (SSSR count). The first kappa shape index (κ1) is 8.41. The number of thioether (sulfide) groups is 1. The van der Waals surface area contributed by atoms with Crippen molar-refractivity contribution in [3.8, 4) is 0 Å². The molecule has 2 unspecified atom stereocenters. The second-order valence-electron chi connectivity index (χ2n) is 3.09. The number of hydrogen-bond acceptors (Lipinski definition) is 2. The third-order valence-electron chi connectivity index (χ3n) is 1.84. The van der Waals surface area contributed by atoms with E-state index in [2.05, 4.69) is 30.9 Å². The van der Waals surface area contributed by atoms with Crippen molar-refractivity contribution in [3.05, 3.63) is 0 Å². The van der Waals surface area contributed by atoms with Crippen molar-refractivity contribution < 1.29 is 0 Å². The summed E-state index contributed by atoms with van der Waals surface area (Å²) in [7, 11) is 0. The van der Waals surface area contributed by atoms with E-state index in [-0.39, 0.29) is 0 Å². The molecule has 1 fully saturated rings. The second kappa shape index (κ2) is 4.24. The SMILES string of the molecule is CCCC1CSCC(C)N1. The third kappa shape index (κ3) is 2.51. The van der Waals surface area contributed by atoms with Crippen LogP contribution in [-0.2, 0) is 0 Å². The van der Waals surface area contributed by atoms with Gasteiger partial charge in [-0.25, -0.2) is 0 Å². The molecule has 0 aromatic heterocycles. The second-order valence-corrected chi connectivity index (χ2v) is 4.17. The summed E-state index contributed by atoms with van der Waals surface area (Å²) >= 11 is 2.09. The van der Waals surface area contributed by atoms with E-state index < -0.39 is 0 Å². The topological polar surface area (TPSA) is 12.0 Å². The zero-order valence-corrected chi connectivity index (χ0v) is 7.71. The van der Waals surface area contributed by atoms with Crippen molar-refractivity contribution >= 4 is 11.8 Å². The lowest BCUT2D eigenvalue weighted by atomic mass is 10.2. The van der Waals surface area contributed by atoms with Crippen molar-refractivity contribution in [3.63, 3.8) is 0 Å². The monoisotopic (exact) mass is 159 g/mol. The standard InChI is InChI=1S/C8H17NS/c1-3-4-8-6-10-5-7(2)9-8/h7-9H,3-6H2,1-2H3. The van der Waals surface area contributed by atoms with Gasteiger partial charge in [-0.2, -0.15) is 11.8 Å². The Hall–Kier alpha value is 0.310. The summed E-state index contributed by atoms with van der Waals surface area (Å²) in [5, 5.41) is 3.60. The summed E-state index contributed by atoms with van der Waals surface area (Å²) in [6, 6.07) is 1.52. The molecule has 0 aromatic rings. The highest BCUT2D eigenvalue weighted by Gasteiger charge is 2.16. The minimum atomic E-state index is 0.732. The van der Waals surface area contributed by atoms with E-state index in [1.54, 1.807) is 0 Å². The maximum Gasteiger partial charge on any atom is 0.0160 e. The maximum absolute atomic E-state index is 3.60. The predicted molar refractivity (Wildman–Crippen MR) is 48.6 cm³/mol. The van der Waals surface area contributed by atoms with Gasteiger partial charge in [-0.1, -0.05) is 13.3 Å². The minimum Gasteiger partial charge on any atom is -0.310 e. The summed E-state index contributed by atoms with van der Waals surface area (Å²) in [5.41, 5.74) is 0. The molecule has 0 spiro atoms. The molecular weight excluding hydrogens is 142 g/mol. The lowest BCUT2D eigenvalue weighted by Gasteiger charge is -2.27. The van der Waals surface area contributed by atoms with Gasteiger partial charge < -0.3 is 5.32 Å². The van der Waals surface area contributed by atoms with Gasteiger partial charge in [0, 0.05) is 23.6 Å². The Balaban J connectivity index is 2.18. The average Bonchev–Trinajstić information content (AvgIpc) is 1.88. The molecule has 0 saturated carbocycles. The van der Waals surface area contributed by atoms with E-state index in [0.717, 1.165) is 12.1 Å². The number of hydrogen-bond donors (Lipinski definition) is 1. The molecule has 0 amide bonds. The zero-order valence-electron chi connectivity index (χ0n) is 6.89. The summed E-state index contributed by atoms with van der Waals surface area (Å²) in [6.45, 7) is 4.53. The van der Waals surface area contributed by atoms with Crippen LogP contribution in [0.2, 0.25) is 0 Å². The van der Waals surface area contributed by atoms with Crippen LogP contribution < -0.4 is 5.32 Å². The molecule has 1 N–H and O–H groups in total. The highest BCUT2D eigenvalue weighted by Crippen LogP contribution is 2.14. The third-order valence-corrected chi connectivity index (χ3v) is 3.22. The molecule has 0 bridgehead atoms. The number of rotatable bonds is 2. The van der Waals surface area contributed by atoms with E-state index in [1.807, 2.05) is 0 Å². The molecule has 0 radical (unpaired) electrons. The Labute approximate surface area is 68.0 Å². The Morgan fingerprint density at radius 2 is 2.30 bits per heavy atom. The van der Waals surface area contributed by atoms with Gasteiger partial charge in [-0.05, 0) is 13.3 Å². The highest BCUT2D eigenvalue weighted by molar-refractivity contribution is 7.99. The molecule has 1 aliphatic rings. The van der Waals surface area contributed by atoms with Crippen LogP contribution >= 0.6 is 11.8 Å². The van der Waals surface area contributed by atoms with Crippen molar-refractivity contribution in [1.29, 1.82) is 0 Å². The van der Waals surface area contributed by atoms with E-state index in [4.69, 9.17) is 0 Å². The van der Waals surface area contributed by atoms with Crippen LogP contribution in [0.3, 0.4) is 0 Å². The predicted octanol–water partition coefficient (Wildman–Crippen LogP) is 1.88. The molecule has 2 atom stereocenters. The minimum absolute atomic E-state index is 0.732. The molecule has 0 aromatic carbocycles. The van der Waals surface area contributed by atoms with E-state index in [0.29, 0.717) is 0 Å². The van der Waals surface area contributed by atoms with Crippen LogP contribution in [0.4, 0.5) is 0 Å². The highest BCUT2D eigenvalue weighted by atomic mass is 32.2. The number of nitrogens with one attached hydrogen (secondary N) is 1. The Morgan fingerprint density at radius 3 is 2.90 bits per heavy atom. The first-order valence-corrected chi connectivity index (χ1v) is 5.32. The Morgan fingerprint density at radius 1 is 1.50 bits per heavy atom. The van der Waals surface area contributed by atoms with Crippen molar-refractivity contribution in [2.45, 2.75) is 38.8 Å². The summed E-state index contributed by atoms with van der Waals surface area (Å²) in [4.78, 5) is 0. The quantitative estimate of drug-likeness (QED) is 0.660. The largest absolute Gasteiger partial charge is 0.310 e. The van der Waals surface area contributed by atoms with Crippen LogP contribution in [0.25, 0.3) is 0 Å². The van der Waals surface area contributed by atoms with Crippen LogP contribution in [0, 0.1) is 0 Å². The smallest absolute Gasteiger partial charge is 0.0160 e. The van der Waals surface area contributed by atoms with Crippen LogP contribution in [0.15, 0.2) is 0 Å². The molecule has 0 aliphatic carbocycles. The lowest BCUT2D eigenvalue weighted by Crippen LogP contribution is -2.43.